The second kappa shape index (κ2) is 4.96. The second-order valence-electron chi connectivity index (χ2n) is 2.88. The van der Waals surface area contributed by atoms with Gasteiger partial charge in [0.1, 0.15) is 0 Å². The van der Waals surface area contributed by atoms with Gasteiger partial charge in [-0.15, -0.1) is 0 Å². The molecule has 2 nitrogen and oxygen atoms in total. The van der Waals surface area contributed by atoms with Crippen LogP contribution in [0.25, 0.3) is 0 Å². The van der Waals surface area contributed by atoms with Gasteiger partial charge in [-0.2, -0.15) is 0 Å². The Hall–Kier alpha value is -0.0900. The summed E-state index contributed by atoms with van der Waals surface area (Å²) in [5, 5.41) is 9.47. The predicted octanol–water partition coefficient (Wildman–Crippen LogP) is 1.96. The molecule has 0 amide bonds. The quantitative estimate of drug-likeness (QED) is 0.877. The smallest absolute Gasteiger partial charge is 0.0585 e. The van der Waals surface area contributed by atoms with E-state index in [1.165, 1.54) is 0 Å². The van der Waals surface area contributed by atoms with Crippen molar-refractivity contribution in [3.05, 3.63) is 33.3 Å². The number of hydrogen-bond donors (Lipinski definition) is 2. The molecule has 13 heavy (non-hydrogen) atoms. The van der Waals surface area contributed by atoms with Crippen LogP contribution in [0, 0.1) is 0 Å². The van der Waals surface area contributed by atoms with E-state index in [0.29, 0.717) is 11.4 Å². The van der Waals surface area contributed by atoms with Crippen LogP contribution in [-0.4, -0.2) is 17.8 Å². The Morgan fingerprint density at radius 3 is 2.85 bits per heavy atom. The first kappa shape index (κ1) is 11.0. The maximum Gasteiger partial charge on any atom is 0.0585 e. The van der Waals surface area contributed by atoms with Crippen molar-refractivity contribution in [3.8, 4) is 0 Å². The highest BCUT2D eigenvalue weighted by Gasteiger charge is 2.06. The summed E-state index contributed by atoms with van der Waals surface area (Å²) in [6.07, 6.45) is 0.623. The van der Waals surface area contributed by atoms with Crippen molar-refractivity contribution < 1.29 is 5.11 Å². The van der Waals surface area contributed by atoms with Crippen molar-refractivity contribution in [1.82, 2.24) is 0 Å². The molecule has 4 heteroatoms. The molecular weight excluding hydrogens is 253 g/mol. The standard InChI is InChI=1S/C9H11BrClNO/c10-9-2-1-7(11)3-6(9)4-8(12)5-13/h1-3,8,13H,4-5,12H2. The minimum atomic E-state index is -0.227. The lowest BCUT2D eigenvalue weighted by atomic mass is 10.1. The van der Waals surface area contributed by atoms with E-state index < -0.39 is 0 Å². The third-order valence-corrected chi connectivity index (χ3v) is 2.73. The Kier molecular flexibility index (Phi) is 4.19. The van der Waals surface area contributed by atoms with Crippen molar-refractivity contribution in [2.24, 2.45) is 5.73 Å². The van der Waals surface area contributed by atoms with Crippen molar-refractivity contribution in [2.45, 2.75) is 12.5 Å². The van der Waals surface area contributed by atoms with Crippen LogP contribution >= 0.6 is 27.5 Å². The maximum absolute atomic E-state index is 8.78. The van der Waals surface area contributed by atoms with Gasteiger partial charge in [0.05, 0.1) is 6.61 Å². The zero-order valence-corrected chi connectivity index (χ0v) is 9.35. The number of aliphatic hydroxyl groups excluding tert-OH is 1. The summed E-state index contributed by atoms with van der Waals surface area (Å²) in [7, 11) is 0. The van der Waals surface area contributed by atoms with Gasteiger partial charge in [0, 0.05) is 15.5 Å². The Morgan fingerprint density at radius 2 is 2.23 bits per heavy atom. The highest BCUT2D eigenvalue weighted by atomic mass is 79.9. The third-order valence-electron chi connectivity index (χ3n) is 1.72. The molecule has 0 saturated heterocycles. The minimum absolute atomic E-state index is 0.0149. The first-order valence-corrected chi connectivity index (χ1v) is 5.11. The van der Waals surface area contributed by atoms with Gasteiger partial charge in [-0.3, -0.25) is 0 Å². The monoisotopic (exact) mass is 263 g/mol. The van der Waals surface area contributed by atoms with Crippen LogP contribution in [0.3, 0.4) is 0 Å². The lowest BCUT2D eigenvalue weighted by Gasteiger charge is -2.09. The summed E-state index contributed by atoms with van der Waals surface area (Å²) < 4.78 is 0.973. The third kappa shape index (κ3) is 3.27. The number of halogens is 2. The molecule has 0 saturated carbocycles. The number of hydrogen-bond acceptors (Lipinski definition) is 2. The molecule has 0 aliphatic heterocycles. The molecule has 1 rings (SSSR count). The normalized spacial score (nSPS) is 12.9. The van der Waals surface area contributed by atoms with E-state index in [1.54, 1.807) is 6.07 Å². The van der Waals surface area contributed by atoms with E-state index in [9.17, 15) is 0 Å². The van der Waals surface area contributed by atoms with E-state index in [4.69, 9.17) is 22.4 Å². The molecule has 0 bridgehead atoms. The van der Waals surface area contributed by atoms with Crippen molar-refractivity contribution in [1.29, 1.82) is 0 Å². The molecule has 3 N–H and O–H groups in total. The summed E-state index contributed by atoms with van der Waals surface area (Å²) in [6.45, 7) is -0.0149. The molecule has 0 fully saturated rings. The van der Waals surface area contributed by atoms with Crippen LogP contribution in [0.2, 0.25) is 5.02 Å². The number of rotatable bonds is 3. The Bertz CT molecular complexity index is 293. The summed E-state index contributed by atoms with van der Waals surface area (Å²) >= 11 is 9.21. The molecule has 0 aliphatic carbocycles. The highest BCUT2D eigenvalue weighted by Crippen LogP contribution is 2.21. The van der Waals surface area contributed by atoms with Crippen LogP contribution in [0.1, 0.15) is 5.56 Å². The average Bonchev–Trinajstić information content (AvgIpc) is 2.11. The van der Waals surface area contributed by atoms with Gasteiger partial charge in [0.2, 0.25) is 0 Å². The van der Waals surface area contributed by atoms with Crippen molar-refractivity contribution in [2.75, 3.05) is 6.61 Å². The molecule has 1 aromatic rings. The second-order valence-corrected chi connectivity index (χ2v) is 4.17. The van der Waals surface area contributed by atoms with Crippen LogP contribution < -0.4 is 5.73 Å². The van der Waals surface area contributed by atoms with Crippen molar-refractivity contribution >= 4 is 27.5 Å². The fourth-order valence-electron chi connectivity index (χ4n) is 1.05. The van der Waals surface area contributed by atoms with E-state index in [-0.39, 0.29) is 12.6 Å². The molecule has 0 spiro atoms. The van der Waals surface area contributed by atoms with E-state index in [2.05, 4.69) is 15.9 Å². The fourth-order valence-corrected chi connectivity index (χ4v) is 1.65. The zero-order valence-electron chi connectivity index (χ0n) is 7.00. The lowest BCUT2D eigenvalue weighted by molar-refractivity contribution is 0.265. The molecule has 1 atom stereocenters. The average molecular weight is 265 g/mol. The van der Waals surface area contributed by atoms with Gasteiger partial charge in [-0.1, -0.05) is 27.5 Å². The Morgan fingerprint density at radius 1 is 1.54 bits per heavy atom. The Labute approximate surface area is 90.8 Å². The maximum atomic E-state index is 8.78. The largest absolute Gasteiger partial charge is 0.395 e. The van der Waals surface area contributed by atoms with E-state index in [1.807, 2.05) is 12.1 Å². The molecule has 1 unspecified atom stereocenters. The van der Waals surface area contributed by atoms with Crippen LogP contribution in [-0.2, 0) is 6.42 Å². The SMILES string of the molecule is NC(CO)Cc1cc(Cl)ccc1Br. The summed E-state index contributed by atoms with van der Waals surface area (Å²) in [5.41, 5.74) is 6.63. The molecule has 0 radical (unpaired) electrons. The molecule has 0 aliphatic rings. The minimum Gasteiger partial charge on any atom is -0.395 e. The first-order chi connectivity index (χ1) is 6.13. The van der Waals surface area contributed by atoms with Crippen LogP contribution in [0.5, 0.6) is 0 Å². The van der Waals surface area contributed by atoms with Crippen molar-refractivity contribution in [3.63, 3.8) is 0 Å². The fraction of sp³-hybridized carbons (Fsp3) is 0.333. The zero-order chi connectivity index (χ0) is 9.84. The molecule has 0 aromatic heterocycles. The number of benzene rings is 1. The predicted molar refractivity (Wildman–Crippen MR) is 57.9 cm³/mol. The van der Waals surface area contributed by atoms with Crippen LogP contribution in [0.4, 0.5) is 0 Å². The van der Waals surface area contributed by atoms with E-state index >= 15 is 0 Å². The van der Waals surface area contributed by atoms with Gasteiger partial charge < -0.3 is 10.8 Å². The van der Waals surface area contributed by atoms with Crippen LogP contribution in [0.15, 0.2) is 22.7 Å². The number of nitrogens with two attached hydrogens (primary N) is 1. The van der Waals surface area contributed by atoms with Gasteiger partial charge >= 0.3 is 0 Å². The molecule has 1 aromatic carbocycles. The summed E-state index contributed by atoms with van der Waals surface area (Å²) in [5.74, 6) is 0. The number of aliphatic hydroxyl groups is 1. The van der Waals surface area contributed by atoms with Gasteiger partial charge in [-0.25, -0.2) is 0 Å². The molecule has 0 heterocycles. The first-order valence-electron chi connectivity index (χ1n) is 3.94. The summed E-state index contributed by atoms with van der Waals surface area (Å²) in [4.78, 5) is 0. The molecule has 72 valence electrons. The topological polar surface area (TPSA) is 46.2 Å². The Balaban J connectivity index is 2.81. The lowest BCUT2D eigenvalue weighted by Crippen LogP contribution is -2.26. The summed E-state index contributed by atoms with van der Waals surface area (Å²) in [6, 6.07) is 5.30. The van der Waals surface area contributed by atoms with Gasteiger partial charge in [0.15, 0.2) is 0 Å². The van der Waals surface area contributed by atoms with E-state index in [0.717, 1.165) is 10.0 Å². The van der Waals surface area contributed by atoms with Gasteiger partial charge in [-0.05, 0) is 30.2 Å². The highest BCUT2D eigenvalue weighted by molar-refractivity contribution is 9.10. The molecular formula is C9H11BrClNO. The van der Waals surface area contributed by atoms with Gasteiger partial charge in [0.25, 0.3) is 0 Å².